The van der Waals surface area contributed by atoms with Gasteiger partial charge in [0.05, 0.1) is 18.1 Å². The first-order valence-corrected chi connectivity index (χ1v) is 8.66. The molecule has 1 amide bonds. The molecule has 6 heteroatoms. The summed E-state index contributed by atoms with van der Waals surface area (Å²) in [4.78, 5) is 12.7. The van der Waals surface area contributed by atoms with Crippen LogP contribution in [0.1, 0.15) is 48.9 Å². The van der Waals surface area contributed by atoms with Gasteiger partial charge in [0.25, 0.3) is 5.91 Å². The van der Waals surface area contributed by atoms with Crippen LogP contribution in [-0.4, -0.2) is 38.7 Å². The van der Waals surface area contributed by atoms with Crippen LogP contribution in [0, 0.1) is 5.92 Å². The van der Waals surface area contributed by atoms with Gasteiger partial charge in [-0.2, -0.15) is 0 Å². The highest BCUT2D eigenvalue weighted by Crippen LogP contribution is 2.28. The molecule has 6 nitrogen and oxygen atoms in total. The molecule has 2 aromatic rings. The second-order valence-electron chi connectivity index (χ2n) is 6.39. The number of nitrogens with one attached hydrogen (secondary N) is 1. The van der Waals surface area contributed by atoms with Crippen molar-refractivity contribution in [2.24, 2.45) is 5.92 Å². The van der Waals surface area contributed by atoms with Gasteiger partial charge in [-0.3, -0.25) is 4.79 Å². The number of benzene rings is 1. The number of carbonyl (C=O) groups is 1. The molecule has 2 N–H and O–H groups in total. The minimum atomic E-state index is -0.0963. The van der Waals surface area contributed by atoms with Gasteiger partial charge in [-0.25, -0.2) is 4.68 Å². The van der Waals surface area contributed by atoms with Crippen LogP contribution >= 0.6 is 0 Å². The van der Waals surface area contributed by atoms with Crippen LogP contribution in [0.25, 0.3) is 5.69 Å². The lowest BCUT2D eigenvalue weighted by atomic mass is 9.82. The molecule has 1 aliphatic carbocycles. The zero-order valence-electron chi connectivity index (χ0n) is 13.8. The Balaban J connectivity index is 1.71. The average Bonchev–Trinajstić information content (AvgIpc) is 3.17. The van der Waals surface area contributed by atoms with Crippen molar-refractivity contribution in [3.63, 3.8) is 0 Å². The molecule has 0 spiro atoms. The predicted octanol–water partition coefficient (Wildman–Crippen LogP) is 2.33. The van der Waals surface area contributed by atoms with E-state index in [4.69, 9.17) is 0 Å². The Bertz CT molecular complexity index is 651. The molecule has 1 atom stereocenters. The van der Waals surface area contributed by atoms with Gasteiger partial charge in [0, 0.05) is 18.2 Å². The van der Waals surface area contributed by atoms with E-state index in [1.807, 2.05) is 12.1 Å². The SMILES string of the molecule is O=C(NC(CCO)C1CCCCC1)c1cccc(-n2ccnn2)c1. The van der Waals surface area contributed by atoms with Crippen LogP contribution in [0.2, 0.25) is 0 Å². The molecule has 1 heterocycles. The van der Waals surface area contributed by atoms with Crippen molar-refractivity contribution >= 4 is 5.91 Å². The van der Waals surface area contributed by atoms with Crippen molar-refractivity contribution < 1.29 is 9.90 Å². The molecule has 1 aliphatic rings. The third-order valence-electron chi connectivity index (χ3n) is 4.77. The molecule has 1 unspecified atom stereocenters. The number of aromatic nitrogens is 3. The predicted molar refractivity (Wildman–Crippen MR) is 90.9 cm³/mol. The summed E-state index contributed by atoms with van der Waals surface area (Å²) < 4.78 is 1.63. The third-order valence-corrected chi connectivity index (χ3v) is 4.77. The second-order valence-corrected chi connectivity index (χ2v) is 6.39. The van der Waals surface area contributed by atoms with Crippen LogP contribution in [0.5, 0.6) is 0 Å². The average molecular weight is 328 g/mol. The van der Waals surface area contributed by atoms with Crippen LogP contribution in [-0.2, 0) is 0 Å². The van der Waals surface area contributed by atoms with Crippen molar-refractivity contribution in [1.82, 2.24) is 20.3 Å². The summed E-state index contributed by atoms with van der Waals surface area (Å²) in [5.74, 6) is 0.370. The number of hydrogen-bond acceptors (Lipinski definition) is 4. The maximum atomic E-state index is 12.7. The van der Waals surface area contributed by atoms with E-state index in [-0.39, 0.29) is 18.6 Å². The number of amides is 1. The maximum Gasteiger partial charge on any atom is 0.251 e. The van der Waals surface area contributed by atoms with Crippen molar-refractivity contribution in [2.45, 2.75) is 44.6 Å². The van der Waals surface area contributed by atoms with Crippen LogP contribution in [0.15, 0.2) is 36.7 Å². The number of rotatable bonds is 6. The van der Waals surface area contributed by atoms with Gasteiger partial charge in [-0.05, 0) is 43.4 Å². The van der Waals surface area contributed by atoms with Crippen LogP contribution < -0.4 is 5.32 Å². The first-order chi connectivity index (χ1) is 11.8. The summed E-state index contributed by atoms with van der Waals surface area (Å²) in [5, 5.41) is 20.2. The molecule has 0 bridgehead atoms. The standard InChI is InChI=1S/C18H24N4O2/c23-12-9-17(14-5-2-1-3-6-14)20-18(24)15-7-4-8-16(13-15)22-11-10-19-21-22/h4,7-8,10-11,13-14,17,23H,1-3,5-6,9,12H2,(H,20,24). The Morgan fingerprint density at radius 1 is 1.33 bits per heavy atom. The Morgan fingerprint density at radius 2 is 2.17 bits per heavy atom. The highest BCUT2D eigenvalue weighted by molar-refractivity contribution is 5.94. The van der Waals surface area contributed by atoms with Crippen LogP contribution in [0.4, 0.5) is 0 Å². The molecule has 1 saturated carbocycles. The smallest absolute Gasteiger partial charge is 0.251 e. The summed E-state index contributed by atoms with van der Waals surface area (Å²) in [5.41, 5.74) is 1.40. The quantitative estimate of drug-likeness (QED) is 0.853. The number of nitrogens with zero attached hydrogens (tertiary/aromatic N) is 3. The van der Waals surface area contributed by atoms with E-state index in [0.29, 0.717) is 17.9 Å². The highest BCUT2D eigenvalue weighted by Gasteiger charge is 2.25. The van der Waals surface area contributed by atoms with Gasteiger partial charge in [0.2, 0.25) is 0 Å². The second kappa shape index (κ2) is 8.06. The van der Waals surface area contributed by atoms with E-state index in [1.54, 1.807) is 29.2 Å². The van der Waals surface area contributed by atoms with E-state index in [9.17, 15) is 9.90 Å². The lowest BCUT2D eigenvalue weighted by Gasteiger charge is -2.30. The first kappa shape index (κ1) is 16.6. The van der Waals surface area contributed by atoms with Gasteiger partial charge in [-0.1, -0.05) is 30.5 Å². The first-order valence-electron chi connectivity index (χ1n) is 8.66. The van der Waals surface area contributed by atoms with Crippen molar-refractivity contribution in [3.05, 3.63) is 42.2 Å². The fourth-order valence-electron chi connectivity index (χ4n) is 3.49. The molecule has 1 aromatic carbocycles. The lowest BCUT2D eigenvalue weighted by molar-refractivity contribution is 0.0899. The van der Waals surface area contributed by atoms with Crippen molar-refractivity contribution in [2.75, 3.05) is 6.61 Å². The summed E-state index contributed by atoms with van der Waals surface area (Å²) in [7, 11) is 0. The molecule has 0 saturated heterocycles. The van der Waals surface area contributed by atoms with E-state index in [2.05, 4.69) is 15.6 Å². The molecular weight excluding hydrogens is 304 g/mol. The minimum absolute atomic E-state index is 0.0397. The highest BCUT2D eigenvalue weighted by atomic mass is 16.3. The molecule has 3 rings (SSSR count). The van der Waals surface area contributed by atoms with E-state index >= 15 is 0 Å². The number of aliphatic hydroxyl groups is 1. The lowest BCUT2D eigenvalue weighted by Crippen LogP contribution is -2.41. The summed E-state index contributed by atoms with van der Waals surface area (Å²) >= 11 is 0. The summed E-state index contributed by atoms with van der Waals surface area (Å²) in [6.45, 7) is 0.0977. The number of carbonyl (C=O) groups excluding carboxylic acids is 1. The zero-order chi connectivity index (χ0) is 16.8. The molecule has 0 aliphatic heterocycles. The summed E-state index contributed by atoms with van der Waals surface area (Å²) in [6.07, 6.45) is 9.92. The molecule has 0 radical (unpaired) electrons. The molecule has 24 heavy (non-hydrogen) atoms. The molecular formula is C18H24N4O2. The third kappa shape index (κ3) is 4.00. The van der Waals surface area contributed by atoms with Gasteiger partial charge in [-0.15, -0.1) is 5.10 Å². The Morgan fingerprint density at radius 3 is 2.88 bits per heavy atom. The van der Waals surface area contributed by atoms with Gasteiger partial charge < -0.3 is 10.4 Å². The number of hydrogen-bond donors (Lipinski definition) is 2. The Hall–Kier alpha value is -2.21. The van der Waals surface area contributed by atoms with Crippen molar-refractivity contribution in [1.29, 1.82) is 0 Å². The molecule has 128 valence electrons. The van der Waals surface area contributed by atoms with Gasteiger partial charge >= 0.3 is 0 Å². The fraction of sp³-hybridized carbons (Fsp3) is 0.500. The topological polar surface area (TPSA) is 80.0 Å². The van der Waals surface area contributed by atoms with Gasteiger partial charge in [0.1, 0.15) is 0 Å². The van der Waals surface area contributed by atoms with E-state index in [1.165, 1.54) is 19.3 Å². The van der Waals surface area contributed by atoms with E-state index < -0.39 is 0 Å². The minimum Gasteiger partial charge on any atom is -0.396 e. The number of aliphatic hydroxyl groups excluding tert-OH is 1. The van der Waals surface area contributed by atoms with Crippen molar-refractivity contribution in [3.8, 4) is 5.69 Å². The Kier molecular flexibility index (Phi) is 5.59. The fourth-order valence-corrected chi connectivity index (χ4v) is 3.49. The van der Waals surface area contributed by atoms with Gasteiger partial charge in [0.15, 0.2) is 0 Å². The molecule has 1 fully saturated rings. The monoisotopic (exact) mass is 328 g/mol. The van der Waals surface area contributed by atoms with E-state index in [0.717, 1.165) is 18.5 Å². The maximum absolute atomic E-state index is 12.7. The largest absolute Gasteiger partial charge is 0.396 e. The molecule has 1 aromatic heterocycles. The zero-order valence-corrected chi connectivity index (χ0v) is 13.8. The Labute approximate surface area is 141 Å². The normalized spacial score (nSPS) is 16.7. The summed E-state index contributed by atoms with van der Waals surface area (Å²) in [6, 6.07) is 7.37. The van der Waals surface area contributed by atoms with Crippen LogP contribution in [0.3, 0.4) is 0 Å².